The Morgan fingerprint density at radius 3 is 2.41 bits per heavy atom. The van der Waals surface area contributed by atoms with Crippen LogP contribution in [0.15, 0.2) is 54.6 Å². The molecule has 148 valence electrons. The predicted molar refractivity (Wildman–Crippen MR) is 109 cm³/mol. The molecule has 0 bridgehead atoms. The van der Waals surface area contributed by atoms with Crippen LogP contribution in [0.4, 0.5) is 15.9 Å². The number of benzene rings is 2. The van der Waals surface area contributed by atoms with E-state index in [1.54, 1.807) is 27.8 Å². The minimum atomic E-state index is -0.458. The Morgan fingerprint density at radius 2 is 1.72 bits per heavy atom. The van der Waals surface area contributed by atoms with Gasteiger partial charge in [-0.05, 0) is 50.2 Å². The number of carbonyl (C=O) groups is 2. The molecule has 0 saturated carbocycles. The van der Waals surface area contributed by atoms with Gasteiger partial charge in [0, 0.05) is 24.7 Å². The Bertz CT molecular complexity index is 1060. The molecule has 1 unspecified atom stereocenters. The summed E-state index contributed by atoms with van der Waals surface area (Å²) in [6.07, 6.45) is 0.156. The summed E-state index contributed by atoms with van der Waals surface area (Å²) in [5.74, 6) is -0.627. The van der Waals surface area contributed by atoms with E-state index in [0.717, 1.165) is 11.3 Å². The molecule has 1 saturated heterocycles. The van der Waals surface area contributed by atoms with Crippen LogP contribution in [0.25, 0.3) is 5.69 Å². The third-order valence-corrected chi connectivity index (χ3v) is 5.00. The van der Waals surface area contributed by atoms with Crippen LogP contribution in [0.5, 0.6) is 0 Å². The van der Waals surface area contributed by atoms with Gasteiger partial charge in [0.2, 0.25) is 11.8 Å². The van der Waals surface area contributed by atoms with Gasteiger partial charge in [-0.25, -0.2) is 9.07 Å². The highest BCUT2D eigenvalue weighted by Gasteiger charge is 2.35. The highest BCUT2D eigenvalue weighted by atomic mass is 19.1. The van der Waals surface area contributed by atoms with Gasteiger partial charge in [-0.2, -0.15) is 5.10 Å². The van der Waals surface area contributed by atoms with E-state index in [-0.39, 0.29) is 24.1 Å². The number of halogens is 1. The standard InChI is InChI=1S/C22H21FN4O2/c1-14-3-7-18(8-4-14)26-13-16(12-21(26)28)22(29)24-20-11-15(2)25-27(20)19-9-5-17(23)6-10-19/h3-11,16H,12-13H2,1-2H3,(H,24,29). The largest absolute Gasteiger partial charge is 0.312 e. The highest BCUT2D eigenvalue weighted by Crippen LogP contribution is 2.27. The zero-order valence-corrected chi connectivity index (χ0v) is 16.2. The fourth-order valence-electron chi connectivity index (χ4n) is 3.45. The van der Waals surface area contributed by atoms with Crippen molar-refractivity contribution in [1.82, 2.24) is 9.78 Å². The summed E-state index contributed by atoms with van der Waals surface area (Å²) in [5.41, 5.74) is 3.26. The molecule has 6 nitrogen and oxygen atoms in total. The number of rotatable bonds is 4. The van der Waals surface area contributed by atoms with Gasteiger partial charge in [0.25, 0.3) is 0 Å². The van der Waals surface area contributed by atoms with Gasteiger partial charge in [-0.1, -0.05) is 17.7 Å². The lowest BCUT2D eigenvalue weighted by Gasteiger charge is -2.17. The first kappa shape index (κ1) is 18.9. The number of hydrogen-bond donors (Lipinski definition) is 1. The lowest BCUT2D eigenvalue weighted by molar-refractivity contribution is -0.122. The van der Waals surface area contributed by atoms with Crippen molar-refractivity contribution in [2.75, 3.05) is 16.8 Å². The monoisotopic (exact) mass is 392 g/mol. The number of nitrogens with one attached hydrogen (secondary N) is 1. The van der Waals surface area contributed by atoms with Crippen molar-refractivity contribution in [3.63, 3.8) is 0 Å². The van der Waals surface area contributed by atoms with Crippen LogP contribution in [0.3, 0.4) is 0 Å². The van der Waals surface area contributed by atoms with Gasteiger partial charge in [-0.15, -0.1) is 0 Å². The number of amides is 2. The van der Waals surface area contributed by atoms with Gasteiger partial charge < -0.3 is 10.2 Å². The fourth-order valence-corrected chi connectivity index (χ4v) is 3.45. The van der Waals surface area contributed by atoms with Gasteiger partial charge in [0.15, 0.2) is 0 Å². The maximum atomic E-state index is 13.2. The van der Waals surface area contributed by atoms with E-state index in [1.807, 2.05) is 38.1 Å². The fraction of sp³-hybridized carbons (Fsp3) is 0.227. The van der Waals surface area contributed by atoms with Crippen LogP contribution in [0.1, 0.15) is 17.7 Å². The van der Waals surface area contributed by atoms with Crippen molar-refractivity contribution in [1.29, 1.82) is 0 Å². The maximum absolute atomic E-state index is 13.2. The van der Waals surface area contributed by atoms with Crippen LogP contribution in [0, 0.1) is 25.6 Å². The Labute approximate surface area is 167 Å². The van der Waals surface area contributed by atoms with E-state index in [9.17, 15) is 14.0 Å². The molecule has 1 fully saturated rings. The third kappa shape index (κ3) is 3.89. The summed E-state index contributed by atoms with van der Waals surface area (Å²) in [7, 11) is 0. The Morgan fingerprint density at radius 1 is 1.07 bits per heavy atom. The zero-order chi connectivity index (χ0) is 20.5. The summed E-state index contributed by atoms with van der Waals surface area (Å²) in [5, 5.41) is 7.26. The van der Waals surface area contributed by atoms with Crippen LogP contribution in [-0.4, -0.2) is 28.1 Å². The molecule has 4 rings (SSSR count). The van der Waals surface area contributed by atoms with Crippen molar-refractivity contribution in [3.05, 3.63) is 71.7 Å². The SMILES string of the molecule is Cc1ccc(N2CC(C(=O)Nc3cc(C)nn3-c3ccc(F)cc3)CC2=O)cc1. The lowest BCUT2D eigenvalue weighted by Crippen LogP contribution is -2.28. The molecule has 1 aliphatic heterocycles. The van der Waals surface area contributed by atoms with E-state index >= 15 is 0 Å². The number of aromatic nitrogens is 2. The molecule has 1 aromatic heterocycles. The van der Waals surface area contributed by atoms with Crippen LogP contribution in [0.2, 0.25) is 0 Å². The molecular formula is C22H21FN4O2. The molecule has 7 heteroatoms. The van der Waals surface area contributed by atoms with Gasteiger partial charge >= 0.3 is 0 Å². The maximum Gasteiger partial charge on any atom is 0.230 e. The van der Waals surface area contributed by atoms with Crippen LogP contribution < -0.4 is 10.2 Å². The number of hydrogen-bond acceptors (Lipinski definition) is 3. The summed E-state index contributed by atoms with van der Waals surface area (Å²) in [4.78, 5) is 26.9. The van der Waals surface area contributed by atoms with Crippen molar-refractivity contribution in [3.8, 4) is 5.69 Å². The molecule has 1 aliphatic rings. The van der Waals surface area contributed by atoms with Crippen molar-refractivity contribution in [2.45, 2.75) is 20.3 Å². The Balaban J connectivity index is 1.51. The first-order chi connectivity index (χ1) is 13.9. The summed E-state index contributed by atoms with van der Waals surface area (Å²) in [6.45, 7) is 4.13. The number of anilines is 2. The highest BCUT2D eigenvalue weighted by molar-refractivity contribution is 6.03. The van der Waals surface area contributed by atoms with Crippen molar-refractivity contribution < 1.29 is 14.0 Å². The minimum absolute atomic E-state index is 0.0720. The van der Waals surface area contributed by atoms with Crippen molar-refractivity contribution in [2.24, 2.45) is 5.92 Å². The molecule has 2 heterocycles. The zero-order valence-electron chi connectivity index (χ0n) is 16.2. The average molecular weight is 392 g/mol. The lowest BCUT2D eigenvalue weighted by atomic mass is 10.1. The smallest absolute Gasteiger partial charge is 0.230 e. The third-order valence-electron chi connectivity index (χ3n) is 5.00. The van der Waals surface area contributed by atoms with Crippen molar-refractivity contribution >= 4 is 23.3 Å². The normalized spacial score (nSPS) is 16.3. The van der Waals surface area contributed by atoms with E-state index in [2.05, 4.69) is 10.4 Å². The molecule has 29 heavy (non-hydrogen) atoms. The second-order valence-electron chi connectivity index (χ2n) is 7.29. The number of carbonyl (C=O) groups excluding carboxylic acids is 2. The minimum Gasteiger partial charge on any atom is -0.312 e. The van der Waals surface area contributed by atoms with Gasteiger partial charge in [0.1, 0.15) is 11.6 Å². The summed E-state index contributed by atoms with van der Waals surface area (Å²) < 4.78 is 14.8. The molecule has 3 aromatic rings. The molecule has 1 atom stereocenters. The topological polar surface area (TPSA) is 67.2 Å². The molecule has 0 spiro atoms. The molecule has 0 radical (unpaired) electrons. The number of aryl methyl sites for hydroxylation is 2. The van der Waals surface area contributed by atoms with E-state index in [1.165, 1.54) is 12.1 Å². The van der Waals surface area contributed by atoms with E-state index in [4.69, 9.17) is 0 Å². The Kier molecular flexibility index (Phi) is 4.88. The van der Waals surface area contributed by atoms with Gasteiger partial charge in [-0.3, -0.25) is 9.59 Å². The quantitative estimate of drug-likeness (QED) is 0.737. The molecule has 1 N–H and O–H groups in total. The molecular weight excluding hydrogens is 371 g/mol. The molecule has 0 aliphatic carbocycles. The van der Waals surface area contributed by atoms with E-state index < -0.39 is 5.92 Å². The Hall–Kier alpha value is -3.48. The van der Waals surface area contributed by atoms with E-state index in [0.29, 0.717) is 23.7 Å². The predicted octanol–water partition coefficient (Wildman–Crippen LogP) is 3.62. The second-order valence-corrected chi connectivity index (χ2v) is 7.29. The molecule has 2 amide bonds. The van der Waals surface area contributed by atoms with Crippen LogP contribution in [-0.2, 0) is 9.59 Å². The summed E-state index contributed by atoms with van der Waals surface area (Å²) in [6, 6.07) is 15.3. The first-order valence-electron chi connectivity index (χ1n) is 9.41. The number of nitrogens with zero attached hydrogens (tertiary/aromatic N) is 3. The average Bonchev–Trinajstić information content (AvgIpc) is 3.26. The molecule has 2 aromatic carbocycles. The second kappa shape index (κ2) is 7.50. The first-order valence-corrected chi connectivity index (χ1v) is 9.41. The van der Waals surface area contributed by atoms with Crippen LogP contribution >= 0.6 is 0 Å². The summed E-state index contributed by atoms with van der Waals surface area (Å²) >= 11 is 0. The van der Waals surface area contributed by atoms with Gasteiger partial charge in [0.05, 0.1) is 17.3 Å².